The first-order valence-corrected chi connectivity index (χ1v) is 5.17. The molecule has 2 rings (SSSR count). The zero-order valence-electron chi connectivity index (χ0n) is 9.19. The zero-order valence-corrected chi connectivity index (χ0v) is 9.19. The zero-order chi connectivity index (χ0) is 12.3. The van der Waals surface area contributed by atoms with Crippen molar-refractivity contribution in [3.05, 3.63) is 53.8 Å². The highest BCUT2D eigenvalue weighted by Crippen LogP contribution is 2.24. The second kappa shape index (κ2) is 4.74. The smallest absolute Gasteiger partial charge is 0.142 e. The van der Waals surface area contributed by atoms with Gasteiger partial charge in [0.1, 0.15) is 18.2 Å². The summed E-state index contributed by atoms with van der Waals surface area (Å²) in [4.78, 5) is 0. The third kappa shape index (κ3) is 2.87. The van der Waals surface area contributed by atoms with Gasteiger partial charge in [-0.15, -0.1) is 0 Å². The molecule has 0 spiro atoms. The standard InChI is InChI=1S/C13H13FN2O/c14-10-3-1-9(2-4-10)8-17-13-6-5-11(15)7-12(13)16/h1-7H,8,15-16H2. The maximum absolute atomic E-state index is 12.7. The summed E-state index contributed by atoms with van der Waals surface area (Å²) >= 11 is 0. The number of rotatable bonds is 3. The largest absolute Gasteiger partial charge is 0.487 e. The monoisotopic (exact) mass is 232 g/mol. The van der Waals surface area contributed by atoms with E-state index in [9.17, 15) is 4.39 Å². The number of halogens is 1. The van der Waals surface area contributed by atoms with Gasteiger partial charge >= 0.3 is 0 Å². The van der Waals surface area contributed by atoms with E-state index in [1.165, 1.54) is 12.1 Å². The normalized spacial score (nSPS) is 10.2. The Bertz CT molecular complexity index is 511. The van der Waals surface area contributed by atoms with Crippen LogP contribution in [-0.2, 0) is 6.61 Å². The lowest BCUT2D eigenvalue weighted by Crippen LogP contribution is -1.99. The first kappa shape index (κ1) is 11.3. The van der Waals surface area contributed by atoms with E-state index in [4.69, 9.17) is 16.2 Å². The molecule has 2 aromatic rings. The van der Waals surface area contributed by atoms with Crippen LogP contribution in [0.25, 0.3) is 0 Å². The number of ether oxygens (including phenoxy) is 1. The van der Waals surface area contributed by atoms with Crippen molar-refractivity contribution in [1.29, 1.82) is 0 Å². The summed E-state index contributed by atoms with van der Waals surface area (Å²) in [6, 6.07) is 11.2. The molecular weight excluding hydrogens is 219 g/mol. The molecule has 0 saturated heterocycles. The van der Waals surface area contributed by atoms with Gasteiger partial charge in [-0.3, -0.25) is 0 Å². The van der Waals surface area contributed by atoms with Crippen molar-refractivity contribution in [1.82, 2.24) is 0 Å². The van der Waals surface area contributed by atoms with E-state index < -0.39 is 0 Å². The topological polar surface area (TPSA) is 61.3 Å². The van der Waals surface area contributed by atoms with Crippen LogP contribution in [0.3, 0.4) is 0 Å². The molecule has 17 heavy (non-hydrogen) atoms. The first-order chi connectivity index (χ1) is 8.15. The van der Waals surface area contributed by atoms with Crippen molar-refractivity contribution in [3.63, 3.8) is 0 Å². The minimum atomic E-state index is -0.263. The quantitative estimate of drug-likeness (QED) is 0.799. The highest BCUT2D eigenvalue weighted by Gasteiger charge is 2.01. The summed E-state index contributed by atoms with van der Waals surface area (Å²) < 4.78 is 18.2. The van der Waals surface area contributed by atoms with Crippen LogP contribution in [0.5, 0.6) is 5.75 Å². The lowest BCUT2D eigenvalue weighted by atomic mass is 10.2. The Morgan fingerprint density at radius 1 is 1.00 bits per heavy atom. The first-order valence-electron chi connectivity index (χ1n) is 5.17. The lowest BCUT2D eigenvalue weighted by Gasteiger charge is -2.09. The molecular formula is C13H13FN2O. The van der Waals surface area contributed by atoms with Crippen molar-refractivity contribution < 1.29 is 9.13 Å². The molecule has 0 heterocycles. The van der Waals surface area contributed by atoms with Crippen molar-refractivity contribution in [2.45, 2.75) is 6.61 Å². The third-order valence-electron chi connectivity index (χ3n) is 2.34. The molecule has 0 aliphatic heterocycles. The molecule has 0 aliphatic rings. The maximum atomic E-state index is 12.7. The minimum absolute atomic E-state index is 0.263. The maximum Gasteiger partial charge on any atom is 0.142 e. The van der Waals surface area contributed by atoms with E-state index in [2.05, 4.69) is 0 Å². The molecule has 0 atom stereocenters. The fourth-order valence-electron chi connectivity index (χ4n) is 1.44. The third-order valence-corrected chi connectivity index (χ3v) is 2.34. The minimum Gasteiger partial charge on any atom is -0.487 e. The number of benzene rings is 2. The summed E-state index contributed by atoms with van der Waals surface area (Å²) in [6.45, 7) is 0.342. The summed E-state index contributed by atoms with van der Waals surface area (Å²) in [7, 11) is 0. The number of nitrogens with two attached hydrogens (primary N) is 2. The molecule has 0 amide bonds. The molecule has 4 N–H and O–H groups in total. The second-order valence-electron chi connectivity index (χ2n) is 3.71. The van der Waals surface area contributed by atoms with Gasteiger partial charge in [0.15, 0.2) is 0 Å². The molecule has 0 aromatic heterocycles. The number of hydrogen-bond donors (Lipinski definition) is 2. The Morgan fingerprint density at radius 3 is 2.35 bits per heavy atom. The Balaban J connectivity index is 2.04. The molecule has 0 fully saturated rings. The SMILES string of the molecule is Nc1ccc(OCc2ccc(F)cc2)c(N)c1. The fraction of sp³-hybridized carbons (Fsp3) is 0.0769. The summed E-state index contributed by atoms with van der Waals surface area (Å²) in [5.74, 6) is 0.310. The molecule has 0 bridgehead atoms. The van der Waals surface area contributed by atoms with E-state index in [0.717, 1.165) is 5.56 Å². The average Bonchev–Trinajstić information content (AvgIpc) is 2.30. The lowest BCUT2D eigenvalue weighted by molar-refractivity contribution is 0.308. The molecule has 0 radical (unpaired) electrons. The van der Waals surface area contributed by atoms with Crippen LogP contribution < -0.4 is 16.2 Å². The van der Waals surface area contributed by atoms with Crippen LogP contribution in [0, 0.1) is 5.82 Å². The van der Waals surface area contributed by atoms with Gasteiger partial charge in [-0.2, -0.15) is 0 Å². The number of nitrogen functional groups attached to an aromatic ring is 2. The van der Waals surface area contributed by atoms with E-state index >= 15 is 0 Å². The molecule has 3 nitrogen and oxygen atoms in total. The van der Waals surface area contributed by atoms with Gasteiger partial charge in [0, 0.05) is 5.69 Å². The van der Waals surface area contributed by atoms with E-state index in [-0.39, 0.29) is 5.82 Å². The highest BCUT2D eigenvalue weighted by molar-refractivity contribution is 5.60. The van der Waals surface area contributed by atoms with Crippen molar-refractivity contribution in [3.8, 4) is 5.75 Å². The summed E-state index contributed by atoms with van der Waals surface area (Å²) in [5, 5.41) is 0. The van der Waals surface area contributed by atoms with Crippen molar-refractivity contribution in [2.75, 3.05) is 11.5 Å². The Labute approximate surface area is 98.8 Å². The predicted octanol–water partition coefficient (Wildman–Crippen LogP) is 2.57. The molecule has 0 aliphatic carbocycles. The van der Waals surface area contributed by atoms with Gasteiger partial charge in [-0.1, -0.05) is 12.1 Å². The van der Waals surface area contributed by atoms with Crippen LogP contribution in [0.15, 0.2) is 42.5 Å². The van der Waals surface area contributed by atoms with Crippen molar-refractivity contribution in [2.24, 2.45) is 0 Å². The van der Waals surface area contributed by atoms with Gasteiger partial charge in [-0.05, 0) is 35.9 Å². The van der Waals surface area contributed by atoms with Crippen LogP contribution in [0.4, 0.5) is 15.8 Å². The average molecular weight is 232 g/mol. The molecule has 2 aromatic carbocycles. The Hall–Kier alpha value is -2.23. The van der Waals surface area contributed by atoms with Gasteiger partial charge < -0.3 is 16.2 Å². The predicted molar refractivity (Wildman–Crippen MR) is 66.0 cm³/mol. The van der Waals surface area contributed by atoms with Crippen LogP contribution in [-0.4, -0.2) is 0 Å². The van der Waals surface area contributed by atoms with Gasteiger partial charge in [0.05, 0.1) is 5.69 Å². The van der Waals surface area contributed by atoms with Crippen molar-refractivity contribution >= 4 is 11.4 Å². The van der Waals surface area contributed by atoms with Crippen LogP contribution in [0.1, 0.15) is 5.56 Å². The van der Waals surface area contributed by atoms with E-state index in [0.29, 0.717) is 23.7 Å². The van der Waals surface area contributed by atoms with Crippen LogP contribution in [0.2, 0.25) is 0 Å². The Kier molecular flexibility index (Phi) is 3.14. The molecule has 0 unspecified atom stereocenters. The van der Waals surface area contributed by atoms with Crippen LogP contribution >= 0.6 is 0 Å². The highest BCUT2D eigenvalue weighted by atomic mass is 19.1. The van der Waals surface area contributed by atoms with E-state index in [1.54, 1.807) is 30.3 Å². The van der Waals surface area contributed by atoms with Gasteiger partial charge in [0.25, 0.3) is 0 Å². The molecule has 0 saturated carbocycles. The van der Waals surface area contributed by atoms with E-state index in [1.807, 2.05) is 0 Å². The second-order valence-corrected chi connectivity index (χ2v) is 3.71. The van der Waals surface area contributed by atoms with Gasteiger partial charge in [0.2, 0.25) is 0 Å². The summed E-state index contributed by atoms with van der Waals surface area (Å²) in [6.07, 6.45) is 0. The summed E-state index contributed by atoms with van der Waals surface area (Å²) in [5.41, 5.74) is 13.3. The number of hydrogen-bond acceptors (Lipinski definition) is 3. The van der Waals surface area contributed by atoms with Gasteiger partial charge in [-0.25, -0.2) is 4.39 Å². The molecule has 4 heteroatoms. The fourth-order valence-corrected chi connectivity index (χ4v) is 1.44. The molecule has 88 valence electrons. The Morgan fingerprint density at radius 2 is 1.71 bits per heavy atom. The number of anilines is 2.